The molecule has 1 aliphatic heterocycles. The minimum atomic E-state index is -3.53. The van der Waals surface area contributed by atoms with Crippen LogP contribution in [0.4, 0.5) is 0 Å². The van der Waals surface area contributed by atoms with Crippen molar-refractivity contribution in [3.63, 3.8) is 0 Å². The molecule has 3 rings (SSSR count). The second-order valence-electron chi connectivity index (χ2n) is 7.29. The molecule has 10 heteroatoms. The summed E-state index contributed by atoms with van der Waals surface area (Å²) in [6, 6.07) is 5.46. The maximum absolute atomic E-state index is 13.0. The Morgan fingerprint density at radius 3 is 2.66 bits per heavy atom. The number of rotatable bonds is 7. The van der Waals surface area contributed by atoms with Crippen molar-refractivity contribution in [3.05, 3.63) is 35.2 Å². The highest BCUT2D eigenvalue weighted by atomic mass is 32.2. The number of carbonyl (C=O) groups is 1. The summed E-state index contributed by atoms with van der Waals surface area (Å²) in [5.41, 5.74) is 1.66. The van der Waals surface area contributed by atoms with Crippen molar-refractivity contribution in [2.24, 2.45) is 5.92 Å². The molecule has 158 valence electrons. The molecule has 1 saturated heterocycles. The number of sulfonamides is 1. The van der Waals surface area contributed by atoms with Crippen molar-refractivity contribution in [3.8, 4) is 0 Å². The number of thioether (sulfide) groups is 1. The first-order chi connectivity index (χ1) is 13.8. The summed E-state index contributed by atoms with van der Waals surface area (Å²) in [6.45, 7) is 6.78. The third kappa shape index (κ3) is 5.37. The van der Waals surface area contributed by atoms with E-state index in [1.807, 2.05) is 32.9 Å². The van der Waals surface area contributed by atoms with E-state index < -0.39 is 10.0 Å². The molecule has 0 aliphatic carbocycles. The number of nitrogens with zero attached hydrogens (tertiary/aromatic N) is 3. The molecule has 1 aliphatic rings. The second-order valence-corrected chi connectivity index (χ2v) is 10.3. The van der Waals surface area contributed by atoms with Gasteiger partial charge in [-0.1, -0.05) is 23.9 Å². The fourth-order valence-electron chi connectivity index (χ4n) is 3.33. The Bertz CT molecular complexity index is 966. The van der Waals surface area contributed by atoms with E-state index in [4.69, 9.17) is 0 Å². The predicted octanol–water partition coefficient (Wildman–Crippen LogP) is 2.04. The van der Waals surface area contributed by atoms with Gasteiger partial charge in [0.05, 0.1) is 4.90 Å². The molecular formula is C19H27N5O3S2. The van der Waals surface area contributed by atoms with E-state index in [1.165, 1.54) is 16.1 Å². The largest absolute Gasteiger partial charge is 0.355 e. The van der Waals surface area contributed by atoms with Gasteiger partial charge in [-0.05, 0) is 50.8 Å². The minimum Gasteiger partial charge on any atom is -0.355 e. The van der Waals surface area contributed by atoms with Crippen LogP contribution in [0.1, 0.15) is 29.8 Å². The molecular weight excluding hydrogens is 410 g/mol. The second kappa shape index (κ2) is 9.27. The summed E-state index contributed by atoms with van der Waals surface area (Å²) in [6.07, 6.45) is 1.06. The molecule has 1 aromatic heterocycles. The Hall–Kier alpha value is -1.91. The number of H-pyrrole nitrogens is 1. The minimum absolute atomic E-state index is 0.0134. The van der Waals surface area contributed by atoms with Gasteiger partial charge in [0.15, 0.2) is 0 Å². The van der Waals surface area contributed by atoms with Crippen LogP contribution in [0.25, 0.3) is 0 Å². The first-order valence-corrected chi connectivity index (χ1v) is 12.1. The van der Waals surface area contributed by atoms with Gasteiger partial charge in [0.25, 0.3) is 0 Å². The molecule has 0 bridgehead atoms. The predicted molar refractivity (Wildman–Crippen MR) is 112 cm³/mol. The van der Waals surface area contributed by atoms with E-state index in [9.17, 15) is 13.2 Å². The molecule has 1 aromatic carbocycles. The standard InChI is InChI=1S/C19H27N5O3S2/c1-13-4-5-14(2)17(12-13)29(26,27)24-9-6-16(7-10-24)18(25)20-8-11-28-19-21-15(3)22-23-19/h4-5,12,16H,6-11H2,1-3H3,(H,20,25)(H,21,22,23). The highest BCUT2D eigenvalue weighted by Gasteiger charge is 2.32. The molecule has 0 saturated carbocycles. The average molecular weight is 438 g/mol. The van der Waals surface area contributed by atoms with Gasteiger partial charge in [0.2, 0.25) is 21.1 Å². The number of nitrogens with one attached hydrogen (secondary N) is 2. The number of amides is 1. The topological polar surface area (TPSA) is 108 Å². The van der Waals surface area contributed by atoms with Crippen LogP contribution in [0.3, 0.4) is 0 Å². The molecule has 2 aromatic rings. The highest BCUT2D eigenvalue weighted by molar-refractivity contribution is 7.99. The molecule has 0 radical (unpaired) electrons. The Kier molecular flexibility index (Phi) is 6.97. The lowest BCUT2D eigenvalue weighted by Gasteiger charge is -2.31. The summed E-state index contributed by atoms with van der Waals surface area (Å²) in [5.74, 6) is 1.28. The van der Waals surface area contributed by atoms with Crippen molar-refractivity contribution in [1.29, 1.82) is 0 Å². The van der Waals surface area contributed by atoms with Gasteiger partial charge in [-0.25, -0.2) is 13.4 Å². The maximum Gasteiger partial charge on any atom is 0.243 e. The van der Waals surface area contributed by atoms with E-state index in [0.717, 1.165) is 17.0 Å². The van der Waals surface area contributed by atoms with Crippen LogP contribution in [-0.2, 0) is 14.8 Å². The lowest BCUT2D eigenvalue weighted by atomic mass is 9.97. The first kappa shape index (κ1) is 21.8. The van der Waals surface area contributed by atoms with E-state index in [-0.39, 0.29) is 11.8 Å². The Morgan fingerprint density at radius 2 is 2.00 bits per heavy atom. The number of aromatic amines is 1. The zero-order valence-corrected chi connectivity index (χ0v) is 18.6. The van der Waals surface area contributed by atoms with E-state index in [2.05, 4.69) is 20.5 Å². The fourth-order valence-corrected chi connectivity index (χ4v) is 5.81. The lowest BCUT2D eigenvalue weighted by molar-refractivity contribution is -0.125. The summed E-state index contributed by atoms with van der Waals surface area (Å²) >= 11 is 1.48. The van der Waals surface area contributed by atoms with Gasteiger partial charge in [0.1, 0.15) is 5.82 Å². The number of hydrogen-bond donors (Lipinski definition) is 2. The zero-order chi connectivity index (χ0) is 21.0. The number of aromatic nitrogens is 3. The molecule has 0 spiro atoms. The molecule has 2 heterocycles. The summed E-state index contributed by atoms with van der Waals surface area (Å²) in [7, 11) is -3.53. The van der Waals surface area contributed by atoms with Gasteiger partial charge in [-0.2, -0.15) is 4.31 Å². The van der Waals surface area contributed by atoms with E-state index >= 15 is 0 Å². The van der Waals surface area contributed by atoms with Gasteiger partial charge in [-0.15, -0.1) is 5.10 Å². The van der Waals surface area contributed by atoms with Gasteiger partial charge in [0, 0.05) is 31.3 Å². The summed E-state index contributed by atoms with van der Waals surface area (Å²) < 4.78 is 27.5. The normalized spacial score (nSPS) is 16.1. The monoisotopic (exact) mass is 437 g/mol. The molecule has 29 heavy (non-hydrogen) atoms. The van der Waals surface area contributed by atoms with Crippen LogP contribution in [-0.4, -0.2) is 59.2 Å². The van der Waals surface area contributed by atoms with Crippen LogP contribution in [0.2, 0.25) is 0 Å². The Labute approximate surface area is 175 Å². The number of carbonyl (C=O) groups excluding carboxylic acids is 1. The summed E-state index contributed by atoms with van der Waals surface area (Å²) in [4.78, 5) is 17.0. The maximum atomic E-state index is 13.0. The number of hydrogen-bond acceptors (Lipinski definition) is 6. The van der Waals surface area contributed by atoms with E-state index in [1.54, 1.807) is 6.07 Å². The molecule has 1 fully saturated rings. The van der Waals surface area contributed by atoms with Crippen LogP contribution in [0.15, 0.2) is 28.3 Å². The van der Waals surface area contributed by atoms with Crippen molar-refractivity contribution in [1.82, 2.24) is 24.8 Å². The highest BCUT2D eigenvalue weighted by Crippen LogP contribution is 2.26. The van der Waals surface area contributed by atoms with Crippen molar-refractivity contribution in [2.45, 2.75) is 43.7 Å². The number of aryl methyl sites for hydroxylation is 3. The first-order valence-electron chi connectivity index (χ1n) is 9.64. The van der Waals surface area contributed by atoms with Gasteiger partial charge in [-0.3, -0.25) is 9.89 Å². The fraction of sp³-hybridized carbons (Fsp3) is 0.526. The van der Waals surface area contributed by atoms with Crippen molar-refractivity contribution < 1.29 is 13.2 Å². The average Bonchev–Trinajstić information content (AvgIpc) is 3.12. The smallest absolute Gasteiger partial charge is 0.243 e. The SMILES string of the molecule is Cc1ccc(C)c(S(=O)(=O)N2CCC(C(=O)NCCSc3n[nH]c(C)n3)CC2)c1. The van der Waals surface area contributed by atoms with Crippen LogP contribution < -0.4 is 5.32 Å². The zero-order valence-electron chi connectivity index (χ0n) is 16.9. The number of piperidine rings is 1. The van der Waals surface area contributed by atoms with Gasteiger partial charge < -0.3 is 5.32 Å². The van der Waals surface area contributed by atoms with Gasteiger partial charge >= 0.3 is 0 Å². The number of benzene rings is 1. The third-order valence-electron chi connectivity index (χ3n) is 5.00. The lowest BCUT2D eigenvalue weighted by Crippen LogP contribution is -2.43. The molecule has 8 nitrogen and oxygen atoms in total. The molecule has 0 unspecified atom stereocenters. The van der Waals surface area contributed by atoms with E-state index in [0.29, 0.717) is 48.3 Å². The molecule has 1 amide bonds. The van der Waals surface area contributed by atoms with Crippen LogP contribution in [0, 0.1) is 26.7 Å². The Morgan fingerprint density at radius 1 is 1.28 bits per heavy atom. The van der Waals surface area contributed by atoms with Crippen LogP contribution >= 0.6 is 11.8 Å². The van der Waals surface area contributed by atoms with Crippen molar-refractivity contribution in [2.75, 3.05) is 25.4 Å². The Balaban J connectivity index is 1.48. The quantitative estimate of drug-likeness (QED) is 0.507. The third-order valence-corrected chi connectivity index (χ3v) is 7.88. The van der Waals surface area contributed by atoms with Crippen molar-refractivity contribution >= 4 is 27.7 Å². The molecule has 2 N–H and O–H groups in total. The summed E-state index contributed by atoms with van der Waals surface area (Å²) in [5, 5.41) is 10.4. The van der Waals surface area contributed by atoms with Crippen LogP contribution in [0.5, 0.6) is 0 Å². The molecule has 0 atom stereocenters.